The number of carbonyl (C=O) groups excluding carboxylic acids is 1. The minimum atomic E-state index is -1.03. The first-order valence-corrected chi connectivity index (χ1v) is 9.74. The molecule has 2 aromatic heterocycles. The highest BCUT2D eigenvalue weighted by atomic mass is 16.3. The van der Waals surface area contributed by atoms with E-state index in [4.69, 9.17) is 0 Å². The molecule has 1 amide bonds. The van der Waals surface area contributed by atoms with Crippen molar-refractivity contribution in [3.63, 3.8) is 0 Å². The van der Waals surface area contributed by atoms with Gasteiger partial charge in [-0.3, -0.25) is 4.79 Å². The van der Waals surface area contributed by atoms with E-state index in [2.05, 4.69) is 30.7 Å². The predicted octanol–water partition coefficient (Wildman–Crippen LogP) is 3.54. The van der Waals surface area contributed by atoms with Gasteiger partial charge in [0.05, 0.1) is 6.04 Å². The van der Waals surface area contributed by atoms with Crippen LogP contribution >= 0.6 is 0 Å². The molecule has 9 nitrogen and oxygen atoms in total. The SMILES string of the molecule is O=Nc1nc(-c2cccnn2)ncc1C(=O)N[C@H](c1ccccc1)[C@H](O)c1ccccc1. The van der Waals surface area contributed by atoms with Crippen molar-refractivity contribution >= 4 is 11.7 Å². The van der Waals surface area contributed by atoms with Crippen LogP contribution in [-0.4, -0.2) is 31.2 Å². The number of carbonyl (C=O) groups is 1. The maximum Gasteiger partial charge on any atom is 0.257 e. The second kappa shape index (κ2) is 9.63. The number of nitroso groups, excluding NO2 is 1. The van der Waals surface area contributed by atoms with Crippen molar-refractivity contribution in [2.75, 3.05) is 0 Å². The molecule has 32 heavy (non-hydrogen) atoms. The van der Waals surface area contributed by atoms with Crippen molar-refractivity contribution in [2.45, 2.75) is 12.1 Å². The lowest BCUT2D eigenvalue weighted by Gasteiger charge is -2.25. The smallest absolute Gasteiger partial charge is 0.257 e. The summed E-state index contributed by atoms with van der Waals surface area (Å²) in [6.07, 6.45) is 1.67. The highest BCUT2D eigenvalue weighted by molar-refractivity contribution is 5.98. The fourth-order valence-electron chi connectivity index (χ4n) is 3.21. The molecule has 0 aliphatic rings. The molecule has 4 rings (SSSR count). The van der Waals surface area contributed by atoms with Crippen LogP contribution in [0.15, 0.2) is 90.4 Å². The molecule has 158 valence electrons. The number of aliphatic hydroxyl groups is 1. The highest BCUT2D eigenvalue weighted by Gasteiger charge is 2.27. The van der Waals surface area contributed by atoms with Gasteiger partial charge in [-0.25, -0.2) is 9.97 Å². The van der Waals surface area contributed by atoms with Crippen LogP contribution in [0.2, 0.25) is 0 Å². The Labute approximate surface area is 183 Å². The van der Waals surface area contributed by atoms with Crippen LogP contribution in [0.1, 0.15) is 33.6 Å². The van der Waals surface area contributed by atoms with Gasteiger partial charge in [-0.05, 0) is 28.4 Å². The lowest BCUT2D eigenvalue weighted by atomic mass is 9.95. The molecular weight excluding hydrogens is 408 g/mol. The fourth-order valence-corrected chi connectivity index (χ4v) is 3.21. The second-order valence-corrected chi connectivity index (χ2v) is 6.85. The molecule has 0 bridgehead atoms. The van der Waals surface area contributed by atoms with Crippen LogP contribution < -0.4 is 5.32 Å². The number of rotatable bonds is 7. The molecular formula is C23H18N6O3. The maximum absolute atomic E-state index is 13.1. The van der Waals surface area contributed by atoms with Gasteiger partial charge in [-0.15, -0.1) is 10.0 Å². The quantitative estimate of drug-likeness (QED) is 0.432. The molecule has 4 aromatic rings. The summed E-state index contributed by atoms with van der Waals surface area (Å²) in [7, 11) is 0. The van der Waals surface area contributed by atoms with Crippen molar-refractivity contribution < 1.29 is 9.90 Å². The zero-order valence-electron chi connectivity index (χ0n) is 16.7. The first-order chi connectivity index (χ1) is 15.7. The van der Waals surface area contributed by atoms with Gasteiger partial charge in [0.15, 0.2) is 5.82 Å². The Kier molecular flexibility index (Phi) is 6.28. The van der Waals surface area contributed by atoms with E-state index >= 15 is 0 Å². The Balaban J connectivity index is 1.65. The van der Waals surface area contributed by atoms with Gasteiger partial charge in [-0.1, -0.05) is 60.7 Å². The van der Waals surface area contributed by atoms with E-state index in [1.54, 1.807) is 48.5 Å². The first-order valence-electron chi connectivity index (χ1n) is 9.74. The Morgan fingerprint density at radius 3 is 2.25 bits per heavy atom. The van der Waals surface area contributed by atoms with Crippen LogP contribution in [-0.2, 0) is 0 Å². The molecule has 2 N–H and O–H groups in total. The minimum Gasteiger partial charge on any atom is -0.386 e. The average molecular weight is 426 g/mol. The second-order valence-electron chi connectivity index (χ2n) is 6.85. The Morgan fingerprint density at radius 2 is 1.62 bits per heavy atom. The van der Waals surface area contributed by atoms with Crippen molar-refractivity contribution in [3.05, 3.63) is 107 Å². The van der Waals surface area contributed by atoms with Crippen LogP contribution in [0, 0.1) is 4.91 Å². The van der Waals surface area contributed by atoms with E-state index < -0.39 is 18.1 Å². The third-order valence-corrected chi connectivity index (χ3v) is 4.80. The molecule has 0 aliphatic carbocycles. The van der Waals surface area contributed by atoms with Crippen LogP contribution in [0.25, 0.3) is 11.5 Å². The number of hydrogen-bond donors (Lipinski definition) is 2. The Hall–Kier alpha value is -4.37. The number of aromatic nitrogens is 4. The maximum atomic E-state index is 13.1. The standard InChI is InChI=1S/C23H18N6O3/c30-20(16-10-5-2-6-11-16)19(15-8-3-1-4-9-15)26-23(31)17-14-24-22(27-21(17)29-32)18-12-7-13-25-28-18/h1-14,19-20,30H,(H,26,31)/t19-,20-/m1/s1. The third-order valence-electron chi connectivity index (χ3n) is 4.80. The highest BCUT2D eigenvalue weighted by Crippen LogP contribution is 2.30. The zero-order chi connectivity index (χ0) is 22.3. The van der Waals surface area contributed by atoms with Gasteiger partial charge in [0, 0.05) is 12.4 Å². The summed E-state index contributed by atoms with van der Waals surface area (Å²) in [6, 6.07) is 20.5. The van der Waals surface area contributed by atoms with Crippen molar-refractivity contribution in [3.8, 4) is 11.5 Å². The summed E-state index contributed by atoms with van der Waals surface area (Å²) in [5, 5.41) is 24.3. The summed E-state index contributed by atoms with van der Waals surface area (Å²) >= 11 is 0. The van der Waals surface area contributed by atoms with E-state index in [1.807, 2.05) is 24.3 Å². The van der Waals surface area contributed by atoms with Crippen LogP contribution in [0.5, 0.6) is 0 Å². The van der Waals surface area contributed by atoms with Gasteiger partial charge in [0.25, 0.3) is 5.91 Å². The van der Waals surface area contributed by atoms with E-state index in [-0.39, 0.29) is 17.2 Å². The predicted molar refractivity (Wildman–Crippen MR) is 117 cm³/mol. The molecule has 2 atom stereocenters. The fraction of sp³-hybridized carbons (Fsp3) is 0.0870. The molecule has 0 unspecified atom stereocenters. The molecule has 2 heterocycles. The third kappa shape index (κ3) is 4.52. The van der Waals surface area contributed by atoms with Gasteiger partial charge in [0.1, 0.15) is 17.4 Å². The monoisotopic (exact) mass is 426 g/mol. The van der Waals surface area contributed by atoms with Gasteiger partial charge in [-0.2, -0.15) is 5.10 Å². The average Bonchev–Trinajstić information content (AvgIpc) is 2.88. The number of nitrogens with zero attached hydrogens (tertiary/aromatic N) is 5. The topological polar surface area (TPSA) is 130 Å². The summed E-state index contributed by atoms with van der Waals surface area (Å²) in [6.45, 7) is 0. The number of benzene rings is 2. The van der Waals surface area contributed by atoms with Gasteiger partial charge >= 0.3 is 0 Å². The lowest BCUT2D eigenvalue weighted by molar-refractivity contribution is 0.0831. The van der Waals surface area contributed by atoms with E-state index in [1.165, 1.54) is 12.4 Å². The summed E-state index contributed by atoms with van der Waals surface area (Å²) in [5.74, 6) is -0.860. The molecule has 9 heteroatoms. The zero-order valence-corrected chi connectivity index (χ0v) is 16.7. The van der Waals surface area contributed by atoms with Crippen LogP contribution in [0.4, 0.5) is 5.82 Å². The Morgan fingerprint density at radius 1 is 0.938 bits per heavy atom. The van der Waals surface area contributed by atoms with E-state index in [0.29, 0.717) is 16.8 Å². The molecule has 0 radical (unpaired) electrons. The summed E-state index contributed by atoms with van der Waals surface area (Å²) in [5.41, 5.74) is 1.54. The molecule has 0 spiro atoms. The number of nitrogens with one attached hydrogen (secondary N) is 1. The van der Waals surface area contributed by atoms with Crippen molar-refractivity contribution in [1.82, 2.24) is 25.5 Å². The Bertz CT molecular complexity index is 1210. The molecule has 0 saturated heterocycles. The van der Waals surface area contributed by atoms with Crippen molar-refractivity contribution in [2.24, 2.45) is 5.18 Å². The molecule has 0 saturated carbocycles. The molecule has 0 fully saturated rings. The molecule has 0 aliphatic heterocycles. The number of aliphatic hydroxyl groups excluding tert-OH is 1. The van der Waals surface area contributed by atoms with Gasteiger partial charge < -0.3 is 10.4 Å². The first kappa shape index (κ1) is 20.9. The number of amides is 1. The van der Waals surface area contributed by atoms with E-state index in [0.717, 1.165) is 0 Å². The lowest BCUT2D eigenvalue weighted by Crippen LogP contribution is -2.33. The normalized spacial score (nSPS) is 12.5. The largest absolute Gasteiger partial charge is 0.386 e. The van der Waals surface area contributed by atoms with Crippen molar-refractivity contribution in [1.29, 1.82) is 0 Å². The summed E-state index contributed by atoms with van der Waals surface area (Å²) in [4.78, 5) is 32.7. The van der Waals surface area contributed by atoms with E-state index in [9.17, 15) is 14.8 Å². The van der Waals surface area contributed by atoms with Gasteiger partial charge in [0.2, 0.25) is 5.82 Å². The summed E-state index contributed by atoms with van der Waals surface area (Å²) < 4.78 is 0. The number of hydrogen-bond acceptors (Lipinski definition) is 8. The van der Waals surface area contributed by atoms with Crippen LogP contribution in [0.3, 0.4) is 0 Å². The molecule has 2 aromatic carbocycles. The minimum absolute atomic E-state index is 0.117.